The Balaban J connectivity index is 1.69. The van der Waals surface area contributed by atoms with Crippen molar-refractivity contribution >= 4 is 27.8 Å². The van der Waals surface area contributed by atoms with E-state index in [-0.39, 0.29) is 12.5 Å². The Morgan fingerprint density at radius 3 is 2.70 bits per heavy atom. The number of amides is 1. The lowest BCUT2D eigenvalue weighted by Gasteiger charge is -2.17. The molecule has 0 radical (unpaired) electrons. The molecule has 6 nitrogen and oxygen atoms in total. The molecule has 0 aliphatic carbocycles. The first kappa shape index (κ1) is 17.0. The van der Waals surface area contributed by atoms with Crippen LogP contribution in [-0.2, 0) is 17.9 Å². The van der Waals surface area contributed by atoms with Crippen LogP contribution in [0.4, 0.5) is 0 Å². The fraction of sp³-hybridized carbons (Fsp3) is 0.190. The van der Waals surface area contributed by atoms with Crippen LogP contribution in [0.15, 0.2) is 63.9 Å². The van der Waals surface area contributed by atoms with Crippen LogP contribution >= 0.6 is 0 Å². The van der Waals surface area contributed by atoms with E-state index in [0.29, 0.717) is 23.0 Å². The number of nitrogens with zero attached hydrogens (tertiary/aromatic N) is 3. The molecular formula is C21H19N3O3. The second-order valence-electron chi connectivity index (χ2n) is 6.69. The number of aromatic nitrogens is 2. The minimum Gasteiger partial charge on any atom is -0.422 e. The van der Waals surface area contributed by atoms with Crippen LogP contribution in [0.3, 0.4) is 0 Å². The van der Waals surface area contributed by atoms with Gasteiger partial charge in [-0.2, -0.15) is 5.10 Å². The Labute approximate surface area is 155 Å². The van der Waals surface area contributed by atoms with Gasteiger partial charge in [-0.15, -0.1) is 0 Å². The molecule has 2 aromatic heterocycles. The van der Waals surface area contributed by atoms with Crippen LogP contribution < -0.4 is 5.63 Å². The number of hydrogen-bond donors (Lipinski definition) is 0. The van der Waals surface area contributed by atoms with Crippen LogP contribution in [0.5, 0.6) is 0 Å². The van der Waals surface area contributed by atoms with Crippen molar-refractivity contribution in [1.82, 2.24) is 14.7 Å². The van der Waals surface area contributed by atoms with Gasteiger partial charge in [0, 0.05) is 19.0 Å². The molecule has 0 saturated carbocycles. The largest absolute Gasteiger partial charge is 0.422 e. The first-order valence-electron chi connectivity index (χ1n) is 8.70. The summed E-state index contributed by atoms with van der Waals surface area (Å²) in [7, 11) is 1.76. The van der Waals surface area contributed by atoms with Crippen LogP contribution in [0, 0.1) is 6.92 Å². The van der Waals surface area contributed by atoms with Crippen molar-refractivity contribution in [1.29, 1.82) is 0 Å². The number of carbonyl (C=O) groups excluding carboxylic acids is 1. The summed E-state index contributed by atoms with van der Waals surface area (Å²) in [5, 5.41) is 5.43. The van der Waals surface area contributed by atoms with Gasteiger partial charge in [0.05, 0.1) is 11.7 Å². The van der Waals surface area contributed by atoms with E-state index < -0.39 is 5.63 Å². The predicted octanol–water partition coefficient (Wildman–Crippen LogP) is 3.11. The summed E-state index contributed by atoms with van der Waals surface area (Å²) in [6, 6.07) is 15.4. The zero-order valence-corrected chi connectivity index (χ0v) is 15.2. The molecule has 2 aromatic carbocycles. The van der Waals surface area contributed by atoms with Crippen LogP contribution in [0.25, 0.3) is 21.9 Å². The van der Waals surface area contributed by atoms with Gasteiger partial charge in [0.25, 0.3) is 0 Å². The Bertz CT molecular complexity index is 1190. The minimum absolute atomic E-state index is 0.0549. The summed E-state index contributed by atoms with van der Waals surface area (Å²) >= 11 is 0. The highest BCUT2D eigenvalue weighted by Gasteiger charge is 2.17. The van der Waals surface area contributed by atoms with Crippen LogP contribution in [-0.4, -0.2) is 27.6 Å². The van der Waals surface area contributed by atoms with Crippen molar-refractivity contribution in [3.63, 3.8) is 0 Å². The summed E-state index contributed by atoms with van der Waals surface area (Å²) in [6.07, 6.45) is 1.47. The Morgan fingerprint density at radius 2 is 1.93 bits per heavy atom. The van der Waals surface area contributed by atoms with Gasteiger partial charge in [0.1, 0.15) is 17.5 Å². The van der Waals surface area contributed by atoms with Gasteiger partial charge in [-0.05, 0) is 24.6 Å². The molecular weight excluding hydrogens is 342 g/mol. The highest BCUT2D eigenvalue weighted by atomic mass is 16.4. The summed E-state index contributed by atoms with van der Waals surface area (Å²) in [4.78, 5) is 26.6. The lowest BCUT2D eigenvalue weighted by atomic mass is 10.1. The Morgan fingerprint density at radius 1 is 1.15 bits per heavy atom. The summed E-state index contributed by atoms with van der Waals surface area (Å²) in [6.45, 7) is 2.54. The molecule has 0 fully saturated rings. The molecule has 0 spiro atoms. The Hall–Kier alpha value is -3.41. The van der Waals surface area contributed by atoms with E-state index in [1.54, 1.807) is 22.7 Å². The van der Waals surface area contributed by atoms with E-state index in [2.05, 4.69) is 5.10 Å². The highest BCUT2D eigenvalue weighted by Crippen LogP contribution is 2.23. The van der Waals surface area contributed by atoms with Crippen molar-refractivity contribution in [2.75, 3.05) is 7.05 Å². The zero-order valence-electron chi connectivity index (χ0n) is 15.2. The number of benzene rings is 2. The van der Waals surface area contributed by atoms with E-state index in [4.69, 9.17) is 4.42 Å². The molecule has 27 heavy (non-hydrogen) atoms. The van der Waals surface area contributed by atoms with Gasteiger partial charge >= 0.3 is 5.63 Å². The third-order valence-corrected chi connectivity index (χ3v) is 4.63. The third kappa shape index (κ3) is 3.21. The maximum Gasteiger partial charge on any atom is 0.347 e. The second-order valence-corrected chi connectivity index (χ2v) is 6.69. The molecule has 0 saturated heterocycles. The molecule has 0 N–H and O–H groups in total. The topological polar surface area (TPSA) is 68.3 Å². The SMILES string of the molecule is Cc1ccc2oc(=O)c3cnn(CC(=O)N(C)Cc4ccccc4)c3c2c1. The fourth-order valence-electron chi connectivity index (χ4n) is 3.21. The van der Waals surface area contributed by atoms with Gasteiger partial charge in [0.2, 0.25) is 5.91 Å². The Kier molecular flexibility index (Phi) is 4.24. The first-order valence-corrected chi connectivity index (χ1v) is 8.70. The van der Waals surface area contributed by atoms with Gasteiger partial charge in [-0.1, -0.05) is 42.0 Å². The number of likely N-dealkylation sites (N-methyl/N-ethyl adjacent to an activating group) is 1. The molecule has 4 aromatic rings. The van der Waals surface area contributed by atoms with Crippen molar-refractivity contribution in [3.8, 4) is 0 Å². The average molecular weight is 361 g/mol. The molecule has 0 aliphatic heterocycles. The van der Waals surface area contributed by atoms with E-state index in [9.17, 15) is 9.59 Å². The number of fused-ring (bicyclic) bond motifs is 3. The second kappa shape index (κ2) is 6.72. The lowest BCUT2D eigenvalue weighted by Crippen LogP contribution is -2.30. The number of hydrogen-bond acceptors (Lipinski definition) is 4. The molecule has 136 valence electrons. The molecule has 0 unspecified atom stereocenters. The van der Waals surface area contributed by atoms with E-state index in [1.165, 1.54) is 6.20 Å². The summed E-state index contributed by atoms with van der Waals surface area (Å²) in [5.41, 5.74) is 2.77. The standard InChI is InChI=1S/C21H19N3O3/c1-14-8-9-18-16(10-14)20-17(21(26)27-18)11-22-24(20)13-19(25)23(2)12-15-6-4-3-5-7-15/h3-11H,12-13H2,1-2H3. The minimum atomic E-state index is -0.447. The normalized spacial score (nSPS) is 11.2. The quantitative estimate of drug-likeness (QED) is 0.524. The van der Waals surface area contributed by atoms with Crippen LogP contribution in [0.2, 0.25) is 0 Å². The van der Waals surface area contributed by atoms with Crippen molar-refractivity contribution in [3.05, 3.63) is 76.3 Å². The number of aryl methyl sites for hydroxylation is 1. The monoisotopic (exact) mass is 361 g/mol. The smallest absolute Gasteiger partial charge is 0.347 e. The van der Waals surface area contributed by atoms with Crippen molar-refractivity contribution < 1.29 is 9.21 Å². The third-order valence-electron chi connectivity index (χ3n) is 4.63. The van der Waals surface area contributed by atoms with E-state index in [1.807, 2.05) is 49.4 Å². The highest BCUT2D eigenvalue weighted by molar-refractivity contribution is 6.02. The maximum absolute atomic E-state index is 12.7. The van der Waals surface area contributed by atoms with E-state index in [0.717, 1.165) is 16.5 Å². The molecule has 0 atom stereocenters. The summed E-state index contributed by atoms with van der Waals surface area (Å²) < 4.78 is 6.95. The van der Waals surface area contributed by atoms with Crippen LogP contribution in [0.1, 0.15) is 11.1 Å². The number of rotatable bonds is 4. The molecule has 2 heterocycles. The van der Waals surface area contributed by atoms with Gasteiger partial charge in [-0.25, -0.2) is 4.79 Å². The maximum atomic E-state index is 12.7. The molecule has 6 heteroatoms. The van der Waals surface area contributed by atoms with Crippen molar-refractivity contribution in [2.45, 2.75) is 20.0 Å². The molecule has 0 bridgehead atoms. The first-order chi connectivity index (χ1) is 13.0. The number of carbonyl (C=O) groups is 1. The van der Waals surface area contributed by atoms with Gasteiger partial charge < -0.3 is 9.32 Å². The van der Waals surface area contributed by atoms with Gasteiger partial charge in [0.15, 0.2) is 0 Å². The predicted molar refractivity (Wildman–Crippen MR) is 103 cm³/mol. The molecule has 0 aliphatic rings. The lowest BCUT2D eigenvalue weighted by molar-refractivity contribution is -0.131. The molecule has 1 amide bonds. The average Bonchev–Trinajstić information content (AvgIpc) is 3.08. The fourth-order valence-corrected chi connectivity index (χ4v) is 3.21. The molecule has 4 rings (SSSR count). The summed E-state index contributed by atoms with van der Waals surface area (Å²) in [5.74, 6) is -0.0853. The van der Waals surface area contributed by atoms with E-state index >= 15 is 0 Å². The van der Waals surface area contributed by atoms with Crippen molar-refractivity contribution in [2.24, 2.45) is 0 Å². The van der Waals surface area contributed by atoms with Gasteiger partial charge in [-0.3, -0.25) is 9.48 Å². The zero-order chi connectivity index (χ0) is 19.0.